The first kappa shape index (κ1) is 19.6. The summed E-state index contributed by atoms with van der Waals surface area (Å²) in [6, 6.07) is 8.50. The van der Waals surface area contributed by atoms with Crippen LogP contribution in [0.25, 0.3) is 10.8 Å². The van der Waals surface area contributed by atoms with Gasteiger partial charge in [0.1, 0.15) is 0 Å². The van der Waals surface area contributed by atoms with Crippen LogP contribution in [0.15, 0.2) is 48.1 Å². The van der Waals surface area contributed by atoms with E-state index in [0.717, 1.165) is 12.8 Å². The Morgan fingerprint density at radius 1 is 1.13 bits per heavy atom. The Hall–Kier alpha value is -3.66. The van der Waals surface area contributed by atoms with E-state index < -0.39 is 18.5 Å². The monoisotopic (exact) mass is 423 g/mol. The van der Waals surface area contributed by atoms with Crippen molar-refractivity contribution in [3.8, 4) is 10.8 Å². The fourth-order valence-electron chi connectivity index (χ4n) is 2.52. The van der Waals surface area contributed by atoms with E-state index >= 15 is 0 Å². The number of carbonyl (C=O) groups excluding carboxylic acids is 3. The molecule has 4 rings (SSSR count). The minimum atomic E-state index is -0.721. The van der Waals surface area contributed by atoms with Crippen LogP contribution in [0.4, 0.5) is 5.69 Å². The quantitative estimate of drug-likeness (QED) is 0.559. The molecule has 0 radical (unpaired) electrons. The van der Waals surface area contributed by atoms with Crippen molar-refractivity contribution in [2.45, 2.75) is 18.9 Å². The second-order valence-electron chi connectivity index (χ2n) is 6.56. The molecule has 1 aliphatic carbocycles. The third-order valence-electron chi connectivity index (χ3n) is 4.13. The molecule has 0 atom stereocenters. The summed E-state index contributed by atoms with van der Waals surface area (Å²) >= 11 is 1.21. The van der Waals surface area contributed by atoms with Crippen LogP contribution in [-0.2, 0) is 9.53 Å². The van der Waals surface area contributed by atoms with Crippen molar-refractivity contribution in [1.29, 1.82) is 0 Å². The van der Waals surface area contributed by atoms with E-state index in [1.807, 2.05) is 0 Å². The molecule has 2 aromatic heterocycles. The Morgan fingerprint density at radius 2 is 1.93 bits per heavy atom. The van der Waals surface area contributed by atoms with Gasteiger partial charge in [-0.1, -0.05) is 6.07 Å². The molecular formula is C20H17N5O4S. The number of thiazole rings is 1. The van der Waals surface area contributed by atoms with Crippen molar-refractivity contribution in [2.75, 3.05) is 11.9 Å². The summed E-state index contributed by atoms with van der Waals surface area (Å²) in [7, 11) is 0. The first-order valence-electron chi connectivity index (χ1n) is 9.19. The molecule has 2 heterocycles. The van der Waals surface area contributed by atoms with Crippen LogP contribution in [0.1, 0.15) is 33.7 Å². The number of benzene rings is 1. The lowest BCUT2D eigenvalue weighted by Crippen LogP contribution is -2.25. The lowest BCUT2D eigenvalue weighted by molar-refractivity contribution is -0.119. The van der Waals surface area contributed by atoms with Gasteiger partial charge in [-0.2, -0.15) is 0 Å². The fourth-order valence-corrected chi connectivity index (χ4v) is 3.25. The van der Waals surface area contributed by atoms with E-state index in [1.54, 1.807) is 42.7 Å². The number of anilines is 1. The van der Waals surface area contributed by atoms with E-state index in [4.69, 9.17) is 4.74 Å². The number of carbonyl (C=O) groups is 3. The molecule has 2 N–H and O–H groups in total. The van der Waals surface area contributed by atoms with Crippen molar-refractivity contribution < 1.29 is 19.1 Å². The number of rotatable bonds is 7. The zero-order valence-electron chi connectivity index (χ0n) is 15.7. The Balaban J connectivity index is 1.30. The maximum atomic E-state index is 12.1. The van der Waals surface area contributed by atoms with Crippen LogP contribution in [0, 0.1) is 0 Å². The Kier molecular flexibility index (Phi) is 5.75. The van der Waals surface area contributed by atoms with Gasteiger partial charge in [0.25, 0.3) is 11.8 Å². The molecule has 0 bridgehead atoms. The van der Waals surface area contributed by atoms with Crippen molar-refractivity contribution in [2.24, 2.45) is 0 Å². The standard InChI is InChI=1S/C20H17N5O4S/c26-16(23-14-4-1-3-12(9-14)18(27)24-13-5-6-13)10-29-20(28)15-11-30-19(25-15)17-21-7-2-8-22-17/h1-4,7-9,11,13H,5-6,10H2,(H,23,26)(H,24,27). The zero-order valence-corrected chi connectivity index (χ0v) is 16.5. The van der Waals surface area contributed by atoms with Crippen molar-refractivity contribution in [3.05, 3.63) is 59.4 Å². The topological polar surface area (TPSA) is 123 Å². The molecule has 2 amide bonds. The van der Waals surface area contributed by atoms with Crippen molar-refractivity contribution in [3.63, 3.8) is 0 Å². The summed E-state index contributed by atoms with van der Waals surface area (Å²) in [6.07, 6.45) is 5.14. The SMILES string of the molecule is O=C(COC(=O)c1csc(-c2ncccn2)n1)Nc1cccc(C(=O)NC2CC2)c1. The molecule has 1 aromatic carbocycles. The van der Waals surface area contributed by atoms with Gasteiger partial charge in [-0.15, -0.1) is 11.3 Å². The zero-order chi connectivity index (χ0) is 20.9. The highest BCUT2D eigenvalue weighted by atomic mass is 32.1. The highest BCUT2D eigenvalue weighted by Gasteiger charge is 2.24. The summed E-state index contributed by atoms with van der Waals surface area (Å²) in [4.78, 5) is 48.7. The number of nitrogens with one attached hydrogen (secondary N) is 2. The number of hydrogen-bond acceptors (Lipinski definition) is 8. The number of hydrogen-bond donors (Lipinski definition) is 2. The number of ether oxygens (including phenoxy) is 1. The molecule has 0 unspecified atom stereocenters. The number of nitrogens with zero attached hydrogens (tertiary/aromatic N) is 3. The number of amides is 2. The van der Waals surface area contributed by atoms with Gasteiger partial charge in [-0.25, -0.2) is 19.7 Å². The van der Waals surface area contributed by atoms with E-state index in [1.165, 1.54) is 16.7 Å². The Bertz CT molecular complexity index is 1080. The molecule has 0 aliphatic heterocycles. The number of esters is 1. The van der Waals surface area contributed by atoms with Gasteiger partial charge in [0.05, 0.1) is 0 Å². The highest BCUT2D eigenvalue weighted by molar-refractivity contribution is 7.13. The molecule has 30 heavy (non-hydrogen) atoms. The minimum Gasteiger partial charge on any atom is -0.451 e. The smallest absolute Gasteiger partial charge is 0.358 e. The molecular weight excluding hydrogens is 406 g/mol. The van der Waals surface area contributed by atoms with Gasteiger partial charge in [-0.3, -0.25) is 9.59 Å². The third-order valence-corrected chi connectivity index (χ3v) is 4.96. The van der Waals surface area contributed by atoms with Crippen LogP contribution in [0.3, 0.4) is 0 Å². The fraction of sp³-hybridized carbons (Fsp3) is 0.200. The van der Waals surface area contributed by atoms with Gasteiger partial charge >= 0.3 is 5.97 Å². The average molecular weight is 423 g/mol. The van der Waals surface area contributed by atoms with Crippen LogP contribution in [0.5, 0.6) is 0 Å². The average Bonchev–Trinajstić information content (AvgIpc) is 3.44. The summed E-state index contributed by atoms with van der Waals surface area (Å²) in [5.74, 6) is -1.02. The predicted octanol–water partition coefficient (Wildman–Crippen LogP) is 2.29. The Morgan fingerprint density at radius 3 is 2.70 bits per heavy atom. The molecule has 10 heteroatoms. The molecule has 3 aromatic rings. The second-order valence-corrected chi connectivity index (χ2v) is 7.42. The minimum absolute atomic E-state index is 0.0778. The lowest BCUT2D eigenvalue weighted by atomic mass is 10.2. The van der Waals surface area contributed by atoms with Crippen LogP contribution < -0.4 is 10.6 Å². The van der Waals surface area contributed by atoms with Crippen LogP contribution in [0.2, 0.25) is 0 Å². The van der Waals surface area contributed by atoms with E-state index in [0.29, 0.717) is 22.1 Å². The summed E-state index contributed by atoms with van der Waals surface area (Å²) < 4.78 is 5.02. The van der Waals surface area contributed by atoms with Crippen molar-refractivity contribution >= 4 is 34.8 Å². The summed E-state index contributed by atoms with van der Waals surface area (Å²) in [6.45, 7) is -0.480. The second kappa shape index (κ2) is 8.78. The molecule has 1 aliphatic rings. The maximum Gasteiger partial charge on any atom is 0.358 e. The Labute approximate surface area is 175 Å². The summed E-state index contributed by atoms with van der Waals surface area (Å²) in [5, 5.41) is 7.50. The molecule has 9 nitrogen and oxygen atoms in total. The first-order chi connectivity index (χ1) is 14.6. The number of aromatic nitrogens is 3. The van der Waals surface area contributed by atoms with Crippen molar-refractivity contribution in [1.82, 2.24) is 20.3 Å². The summed E-state index contributed by atoms with van der Waals surface area (Å²) in [5.41, 5.74) is 0.973. The van der Waals surface area contributed by atoms with Crippen LogP contribution >= 0.6 is 11.3 Å². The highest BCUT2D eigenvalue weighted by Crippen LogP contribution is 2.21. The third kappa shape index (κ3) is 5.03. The molecule has 1 saturated carbocycles. The first-order valence-corrected chi connectivity index (χ1v) is 10.1. The van der Waals surface area contributed by atoms with Gasteiger partial charge in [0.15, 0.2) is 23.1 Å². The van der Waals surface area contributed by atoms with E-state index in [-0.39, 0.29) is 17.6 Å². The van der Waals surface area contributed by atoms with E-state index in [2.05, 4.69) is 25.6 Å². The lowest BCUT2D eigenvalue weighted by Gasteiger charge is -2.08. The predicted molar refractivity (Wildman–Crippen MR) is 109 cm³/mol. The van der Waals surface area contributed by atoms with Gasteiger partial charge < -0.3 is 15.4 Å². The molecule has 152 valence electrons. The molecule has 1 fully saturated rings. The molecule has 0 spiro atoms. The normalized spacial score (nSPS) is 12.8. The van der Waals surface area contributed by atoms with Gasteiger partial charge in [0, 0.05) is 35.1 Å². The van der Waals surface area contributed by atoms with Gasteiger partial charge in [-0.05, 0) is 37.1 Å². The van der Waals surface area contributed by atoms with E-state index in [9.17, 15) is 14.4 Å². The largest absolute Gasteiger partial charge is 0.451 e. The maximum absolute atomic E-state index is 12.1. The molecule has 0 saturated heterocycles. The van der Waals surface area contributed by atoms with Crippen LogP contribution in [-0.4, -0.2) is 45.4 Å². The van der Waals surface area contributed by atoms with Gasteiger partial charge in [0.2, 0.25) is 0 Å².